The number of aryl methyl sites for hydroxylation is 2. The van der Waals surface area contributed by atoms with Crippen molar-refractivity contribution in [3.63, 3.8) is 0 Å². The van der Waals surface area contributed by atoms with Crippen LogP contribution in [0.2, 0.25) is 0 Å². The molecule has 3 heterocycles. The highest BCUT2D eigenvalue weighted by molar-refractivity contribution is 7.07. The molecule has 0 fully saturated rings. The second kappa shape index (κ2) is 10.2. The molecule has 2 aromatic heterocycles. The maximum atomic E-state index is 14.0. The molecule has 0 bridgehead atoms. The Morgan fingerprint density at radius 1 is 0.854 bits per heavy atom. The zero-order valence-corrected chi connectivity index (χ0v) is 23.4. The summed E-state index contributed by atoms with van der Waals surface area (Å²) in [5, 5.41) is 8.00. The van der Waals surface area contributed by atoms with E-state index in [4.69, 9.17) is 14.5 Å². The Labute approximate surface area is 241 Å². The standard InChI is InChI=1S/C34H26N4O2S/c1-22-16-17-27(23(2)18-22)35-34-38(29(21-41-34)31-19-25-12-6-9-15-30(25)40-31)36-32-26-13-7-8-14-28(26)37(33(32)39)20-24-10-4-3-5-11-24/h3-19,21H,20H2,1-2H3. The van der Waals surface area contributed by atoms with E-state index < -0.39 is 0 Å². The van der Waals surface area contributed by atoms with Crippen molar-refractivity contribution in [3.8, 4) is 11.5 Å². The number of carbonyl (C=O) groups is 1. The predicted molar refractivity (Wildman–Crippen MR) is 165 cm³/mol. The molecule has 0 aliphatic carbocycles. The minimum absolute atomic E-state index is 0.151. The van der Waals surface area contributed by atoms with Gasteiger partial charge in [0.2, 0.25) is 4.80 Å². The summed E-state index contributed by atoms with van der Waals surface area (Å²) in [4.78, 5) is 21.4. The molecule has 4 aromatic carbocycles. The average molecular weight is 555 g/mol. The Bertz CT molecular complexity index is 2000. The van der Waals surface area contributed by atoms with E-state index in [2.05, 4.69) is 13.0 Å². The molecule has 1 amide bonds. The number of aromatic nitrogens is 1. The molecular weight excluding hydrogens is 528 g/mol. The van der Waals surface area contributed by atoms with Crippen LogP contribution < -0.4 is 9.70 Å². The minimum Gasteiger partial charge on any atom is -0.454 e. The monoisotopic (exact) mass is 554 g/mol. The van der Waals surface area contributed by atoms with E-state index in [0.29, 0.717) is 22.8 Å². The van der Waals surface area contributed by atoms with Gasteiger partial charge in [0.05, 0.1) is 17.9 Å². The summed E-state index contributed by atoms with van der Waals surface area (Å²) in [6.07, 6.45) is 0. The number of furan rings is 1. The van der Waals surface area contributed by atoms with Gasteiger partial charge in [0.25, 0.3) is 5.91 Å². The fraction of sp³-hybridized carbons (Fsp3) is 0.0882. The highest BCUT2D eigenvalue weighted by atomic mass is 32.1. The van der Waals surface area contributed by atoms with Crippen LogP contribution in [-0.2, 0) is 11.3 Å². The van der Waals surface area contributed by atoms with Crippen molar-refractivity contribution in [2.45, 2.75) is 20.4 Å². The number of fused-ring (bicyclic) bond motifs is 2. The third kappa shape index (κ3) is 4.60. The number of nitrogens with zero attached hydrogens (tertiary/aromatic N) is 4. The van der Waals surface area contributed by atoms with Crippen LogP contribution in [0, 0.1) is 13.8 Å². The average Bonchev–Trinajstić information content (AvgIpc) is 3.66. The second-order valence-electron chi connectivity index (χ2n) is 10.1. The number of hydrogen-bond donors (Lipinski definition) is 0. The van der Waals surface area contributed by atoms with Gasteiger partial charge in [0, 0.05) is 16.3 Å². The number of hydrogen-bond acceptors (Lipinski definition) is 5. The van der Waals surface area contributed by atoms with Crippen molar-refractivity contribution in [2.75, 3.05) is 4.90 Å². The first-order chi connectivity index (χ1) is 20.0. The summed E-state index contributed by atoms with van der Waals surface area (Å²) >= 11 is 1.46. The molecule has 200 valence electrons. The van der Waals surface area contributed by atoms with Crippen molar-refractivity contribution in [3.05, 3.63) is 136 Å². The fourth-order valence-electron chi connectivity index (χ4n) is 5.17. The molecule has 0 N–H and O–H groups in total. The van der Waals surface area contributed by atoms with Crippen molar-refractivity contribution in [1.82, 2.24) is 4.68 Å². The van der Waals surface area contributed by atoms with Crippen molar-refractivity contribution in [2.24, 2.45) is 10.1 Å². The molecule has 0 radical (unpaired) electrons. The van der Waals surface area contributed by atoms with E-state index >= 15 is 0 Å². The lowest BCUT2D eigenvalue weighted by Gasteiger charge is -2.16. The Morgan fingerprint density at radius 2 is 1.63 bits per heavy atom. The summed E-state index contributed by atoms with van der Waals surface area (Å²) < 4.78 is 7.99. The summed E-state index contributed by atoms with van der Waals surface area (Å²) in [6, 6.07) is 33.9. The molecule has 7 rings (SSSR count). The highest BCUT2D eigenvalue weighted by Gasteiger charge is 2.34. The third-order valence-corrected chi connectivity index (χ3v) is 8.03. The second-order valence-corrected chi connectivity index (χ2v) is 10.9. The van der Waals surface area contributed by atoms with Crippen LogP contribution in [0.3, 0.4) is 0 Å². The van der Waals surface area contributed by atoms with Crippen molar-refractivity contribution >= 4 is 45.3 Å². The quantitative estimate of drug-likeness (QED) is 0.220. The summed E-state index contributed by atoms with van der Waals surface area (Å²) in [5.41, 5.74) is 7.67. The van der Waals surface area contributed by atoms with E-state index in [1.54, 1.807) is 9.58 Å². The minimum atomic E-state index is -0.151. The van der Waals surface area contributed by atoms with Crippen molar-refractivity contribution in [1.29, 1.82) is 0 Å². The molecule has 0 atom stereocenters. The number of rotatable bonds is 5. The first kappa shape index (κ1) is 25.0. The van der Waals surface area contributed by atoms with Gasteiger partial charge in [0.15, 0.2) is 11.5 Å². The van der Waals surface area contributed by atoms with E-state index in [0.717, 1.165) is 44.7 Å². The van der Waals surface area contributed by atoms with Gasteiger partial charge in [-0.25, -0.2) is 9.67 Å². The summed E-state index contributed by atoms with van der Waals surface area (Å²) in [7, 11) is 0. The number of benzene rings is 4. The number of carbonyl (C=O) groups excluding carboxylic acids is 1. The predicted octanol–water partition coefficient (Wildman–Crippen LogP) is 7.61. The van der Waals surface area contributed by atoms with E-state index in [1.165, 1.54) is 16.9 Å². The number of amides is 1. The smallest absolute Gasteiger partial charge is 0.279 e. The number of anilines is 1. The van der Waals surface area contributed by atoms with Crippen LogP contribution in [-0.4, -0.2) is 16.3 Å². The van der Waals surface area contributed by atoms with Gasteiger partial charge in [-0.3, -0.25) is 4.79 Å². The maximum Gasteiger partial charge on any atom is 0.279 e. The molecule has 6 aromatic rings. The summed E-state index contributed by atoms with van der Waals surface area (Å²) in [6.45, 7) is 4.58. The van der Waals surface area contributed by atoms with Crippen LogP contribution in [0.1, 0.15) is 22.3 Å². The van der Waals surface area contributed by atoms with Gasteiger partial charge in [-0.05, 0) is 49.2 Å². The van der Waals surface area contributed by atoms with Gasteiger partial charge in [-0.15, -0.1) is 11.3 Å². The molecule has 0 saturated carbocycles. The van der Waals surface area contributed by atoms with Crippen molar-refractivity contribution < 1.29 is 9.21 Å². The Kier molecular flexibility index (Phi) is 6.21. The zero-order valence-electron chi connectivity index (χ0n) is 22.6. The van der Waals surface area contributed by atoms with Gasteiger partial charge in [-0.1, -0.05) is 84.4 Å². The van der Waals surface area contributed by atoms with Gasteiger partial charge >= 0.3 is 0 Å². The Hall–Kier alpha value is -5.01. The van der Waals surface area contributed by atoms with Crippen LogP contribution in [0.5, 0.6) is 0 Å². The first-order valence-corrected chi connectivity index (χ1v) is 14.3. The highest BCUT2D eigenvalue weighted by Crippen LogP contribution is 2.33. The molecule has 1 aliphatic rings. The SMILES string of the molecule is Cc1ccc(N=c2scc(-c3cc4ccccc4o3)n2N=C2C(=O)N(Cc3ccccc3)c3ccccc32)c(C)c1. The Balaban J connectivity index is 1.42. The van der Waals surface area contributed by atoms with Crippen LogP contribution in [0.15, 0.2) is 123 Å². The lowest BCUT2D eigenvalue weighted by Crippen LogP contribution is -2.30. The normalized spacial score (nSPS) is 14.4. The molecule has 7 heteroatoms. The topological polar surface area (TPSA) is 63.1 Å². The van der Waals surface area contributed by atoms with E-state index in [9.17, 15) is 4.79 Å². The molecule has 0 unspecified atom stereocenters. The number of para-hydroxylation sites is 2. The zero-order chi connectivity index (χ0) is 27.9. The van der Waals surface area contributed by atoms with Crippen LogP contribution in [0.4, 0.5) is 11.4 Å². The van der Waals surface area contributed by atoms with Crippen LogP contribution in [0.25, 0.3) is 22.4 Å². The van der Waals surface area contributed by atoms with Crippen LogP contribution >= 0.6 is 11.3 Å². The fourth-order valence-corrected chi connectivity index (χ4v) is 5.99. The molecule has 1 aliphatic heterocycles. The lowest BCUT2D eigenvalue weighted by atomic mass is 10.1. The molecule has 0 spiro atoms. The third-order valence-electron chi connectivity index (χ3n) is 7.21. The van der Waals surface area contributed by atoms with E-state index in [-0.39, 0.29) is 5.91 Å². The lowest BCUT2D eigenvalue weighted by molar-refractivity contribution is -0.112. The van der Waals surface area contributed by atoms with Gasteiger partial charge in [0.1, 0.15) is 11.3 Å². The molecule has 41 heavy (non-hydrogen) atoms. The largest absolute Gasteiger partial charge is 0.454 e. The Morgan fingerprint density at radius 3 is 2.46 bits per heavy atom. The number of thiazole rings is 1. The summed E-state index contributed by atoms with van der Waals surface area (Å²) in [5.74, 6) is 0.510. The van der Waals surface area contributed by atoms with E-state index in [1.807, 2.05) is 109 Å². The maximum absolute atomic E-state index is 14.0. The van der Waals surface area contributed by atoms with Gasteiger partial charge < -0.3 is 9.32 Å². The van der Waals surface area contributed by atoms with Gasteiger partial charge in [-0.2, -0.15) is 5.10 Å². The molecular formula is C34H26N4O2S. The first-order valence-electron chi connectivity index (χ1n) is 13.4. The molecule has 0 saturated heterocycles. The molecule has 6 nitrogen and oxygen atoms in total.